The van der Waals surface area contributed by atoms with Crippen LogP contribution in [0.2, 0.25) is 0 Å². The average molecular weight is 293 g/mol. The Morgan fingerprint density at radius 3 is 2.27 bits per heavy atom. The van der Waals surface area contributed by atoms with Gasteiger partial charge in [-0.15, -0.1) is 0 Å². The van der Waals surface area contributed by atoms with Crippen molar-refractivity contribution in [1.82, 2.24) is 5.48 Å². The molecule has 2 aromatic carbocycles. The quantitative estimate of drug-likeness (QED) is 0.721. The van der Waals surface area contributed by atoms with Crippen LogP contribution in [0.4, 0.5) is 0 Å². The molecule has 0 aromatic heterocycles. The zero-order chi connectivity index (χ0) is 15.8. The average Bonchev–Trinajstić information content (AvgIpc) is 2.56. The number of rotatable bonds is 7. The van der Waals surface area contributed by atoms with Gasteiger partial charge in [-0.3, -0.25) is 0 Å². The molecule has 114 valence electrons. The maximum absolute atomic E-state index is 5.20. The standard InChI is InChI=1S/C20H23NO/c1-4-17-8-12-19(13-9-17)16(2)6-5-7-18-10-14-20(15-11-18)22-21-3/h4-5,7-16,21H,1,6H2,2-3H3. The lowest BCUT2D eigenvalue weighted by atomic mass is 9.96. The van der Waals surface area contributed by atoms with Gasteiger partial charge >= 0.3 is 0 Å². The molecule has 0 fully saturated rings. The second kappa shape index (κ2) is 8.20. The van der Waals surface area contributed by atoms with Crippen LogP contribution in [0.1, 0.15) is 36.0 Å². The highest BCUT2D eigenvalue weighted by Gasteiger charge is 2.02. The molecule has 0 bridgehead atoms. The first-order valence-electron chi connectivity index (χ1n) is 7.55. The maximum Gasteiger partial charge on any atom is 0.147 e. The lowest BCUT2D eigenvalue weighted by Gasteiger charge is -2.09. The van der Waals surface area contributed by atoms with Crippen molar-refractivity contribution >= 4 is 12.2 Å². The van der Waals surface area contributed by atoms with Gasteiger partial charge in [-0.1, -0.05) is 68.1 Å². The fraction of sp³-hybridized carbons (Fsp3) is 0.200. The zero-order valence-electron chi connectivity index (χ0n) is 13.3. The van der Waals surface area contributed by atoms with Crippen LogP contribution in [0.3, 0.4) is 0 Å². The maximum atomic E-state index is 5.20. The van der Waals surface area contributed by atoms with Gasteiger partial charge in [0.05, 0.1) is 0 Å². The molecule has 2 rings (SSSR count). The minimum atomic E-state index is 0.502. The number of hydroxylamine groups is 1. The SMILES string of the molecule is C=Cc1ccc(C(C)CC=Cc2ccc(ONC)cc2)cc1. The molecular formula is C20H23NO. The molecule has 0 spiro atoms. The topological polar surface area (TPSA) is 21.3 Å². The number of nitrogens with one attached hydrogen (secondary N) is 1. The van der Waals surface area contributed by atoms with Crippen LogP contribution >= 0.6 is 0 Å². The van der Waals surface area contributed by atoms with Gasteiger partial charge in [0.25, 0.3) is 0 Å². The van der Waals surface area contributed by atoms with Crippen molar-refractivity contribution in [1.29, 1.82) is 0 Å². The Morgan fingerprint density at radius 2 is 1.68 bits per heavy atom. The van der Waals surface area contributed by atoms with Gasteiger partial charge in [0, 0.05) is 7.05 Å². The summed E-state index contributed by atoms with van der Waals surface area (Å²) in [6, 6.07) is 16.6. The predicted octanol–water partition coefficient (Wildman–Crippen LogP) is 5.05. The molecule has 2 nitrogen and oxygen atoms in total. The zero-order valence-corrected chi connectivity index (χ0v) is 13.3. The van der Waals surface area contributed by atoms with Gasteiger partial charge < -0.3 is 4.84 Å². The first-order chi connectivity index (χ1) is 10.7. The second-order valence-corrected chi connectivity index (χ2v) is 5.29. The van der Waals surface area contributed by atoms with Gasteiger partial charge in [0.1, 0.15) is 5.75 Å². The molecule has 0 aliphatic rings. The number of benzene rings is 2. The van der Waals surface area contributed by atoms with Gasteiger partial charge in [0.2, 0.25) is 0 Å². The summed E-state index contributed by atoms with van der Waals surface area (Å²) < 4.78 is 0. The summed E-state index contributed by atoms with van der Waals surface area (Å²) in [6.07, 6.45) is 7.26. The molecule has 1 atom stereocenters. The Morgan fingerprint density at radius 1 is 1.05 bits per heavy atom. The Kier molecular flexibility index (Phi) is 5.99. The fourth-order valence-corrected chi connectivity index (χ4v) is 2.27. The number of allylic oxidation sites excluding steroid dienone is 1. The van der Waals surface area contributed by atoms with E-state index in [0.717, 1.165) is 17.7 Å². The van der Waals surface area contributed by atoms with E-state index in [-0.39, 0.29) is 0 Å². The van der Waals surface area contributed by atoms with E-state index in [1.165, 1.54) is 11.1 Å². The summed E-state index contributed by atoms with van der Waals surface area (Å²) in [6.45, 7) is 6.03. The van der Waals surface area contributed by atoms with E-state index in [2.05, 4.69) is 55.4 Å². The molecule has 0 amide bonds. The summed E-state index contributed by atoms with van der Waals surface area (Å²) in [5, 5.41) is 0. The molecule has 1 N–H and O–H groups in total. The van der Waals surface area contributed by atoms with E-state index in [0.29, 0.717) is 5.92 Å². The molecule has 0 saturated carbocycles. The minimum Gasteiger partial charge on any atom is -0.409 e. The molecule has 1 unspecified atom stereocenters. The van der Waals surface area contributed by atoms with Gasteiger partial charge in [-0.25, -0.2) is 0 Å². The van der Waals surface area contributed by atoms with Crippen LogP contribution in [-0.4, -0.2) is 7.05 Å². The summed E-state index contributed by atoms with van der Waals surface area (Å²) in [7, 11) is 1.75. The van der Waals surface area contributed by atoms with Crippen LogP contribution in [0.15, 0.2) is 61.2 Å². The van der Waals surface area contributed by atoms with Crippen molar-refractivity contribution in [3.05, 3.63) is 77.9 Å². The van der Waals surface area contributed by atoms with E-state index < -0.39 is 0 Å². The monoisotopic (exact) mass is 293 g/mol. The van der Waals surface area contributed by atoms with Gasteiger partial charge in [-0.2, -0.15) is 5.48 Å². The largest absolute Gasteiger partial charge is 0.409 e. The summed E-state index contributed by atoms with van der Waals surface area (Å²) in [5.74, 6) is 1.32. The summed E-state index contributed by atoms with van der Waals surface area (Å²) in [5.41, 5.74) is 6.36. The van der Waals surface area contributed by atoms with Crippen molar-refractivity contribution in [2.45, 2.75) is 19.3 Å². The summed E-state index contributed by atoms with van der Waals surface area (Å²) >= 11 is 0. The molecule has 2 aromatic rings. The highest BCUT2D eigenvalue weighted by atomic mass is 16.6. The Hall–Kier alpha value is -2.32. The van der Waals surface area contributed by atoms with E-state index in [1.54, 1.807) is 7.05 Å². The fourth-order valence-electron chi connectivity index (χ4n) is 2.27. The van der Waals surface area contributed by atoms with Crippen LogP contribution in [0.5, 0.6) is 5.75 Å². The number of hydrogen-bond acceptors (Lipinski definition) is 2. The third-order valence-corrected chi connectivity index (χ3v) is 3.64. The van der Waals surface area contributed by atoms with Crippen molar-refractivity contribution < 1.29 is 4.84 Å². The third kappa shape index (κ3) is 4.61. The molecule has 0 aliphatic heterocycles. The lowest BCUT2D eigenvalue weighted by molar-refractivity contribution is 0.224. The van der Waals surface area contributed by atoms with E-state index >= 15 is 0 Å². The van der Waals surface area contributed by atoms with Crippen molar-refractivity contribution in [2.24, 2.45) is 0 Å². The molecule has 0 radical (unpaired) electrons. The van der Waals surface area contributed by atoms with Crippen molar-refractivity contribution in [3.8, 4) is 5.75 Å². The van der Waals surface area contributed by atoms with Gasteiger partial charge in [-0.05, 0) is 41.2 Å². The normalized spacial score (nSPS) is 12.3. The highest BCUT2D eigenvalue weighted by Crippen LogP contribution is 2.21. The predicted molar refractivity (Wildman–Crippen MR) is 94.7 cm³/mol. The van der Waals surface area contributed by atoms with Crippen LogP contribution < -0.4 is 10.3 Å². The van der Waals surface area contributed by atoms with Crippen LogP contribution in [0, 0.1) is 0 Å². The van der Waals surface area contributed by atoms with E-state index in [1.807, 2.05) is 30.3 Å². The van der Waals surface area contributed by atoms with Crippen molar-refractivity contribution in [2.75, 3.05) is 7.05 Å². The first-order valence-corrected chi connectivity index (χ1v) is 7.55. The Labute approximate surface area is 133 Å². The Balaban J connectivity index is 1.91. The smallest absolute Gasteiger partial charge is 0.147 e. The Bertz CT molecular complexity index is 611. The third-order valence-electron chi connectivity index (χ3n) is 3.64. The van der Waals surface area contributed by atoms with Crippen LogP contribution in [0.25, 0.3) is 12.2 Å². The van der Waals surface area contributed by atoms with E-state index in [4.69, 9.17) is 4.84 Å². The first kappa shape index (κ1) is 16.1. The molecule has 0 saturated heterocycles. The lowest BCUT2D eigenvalue weighted by Crippen LogP contribution is -2.10. The molecule has 0 aliphatic carbocycles. The van der Waals surface area contributed by atoms with Gasteiger partial charge in [0.15, 0.2) is 0 Å². The molecule has 2 heteroatoms. The van der Waals surface area contributed by atoms with Crippen molar-refractivity contribution in [3.63, 3.8) is 0 Å². The molecular weight excluding hydrogens is 270 g/mol. The molecule has 0 heterocycles. The van der Waals surface area contributed by atoms with E-state index in [9.17, 15) is 0 Å². The number of hydrogen-bond donors (Lipinski definition) is 1. The van der Waals surface area contributed by atoms with Crippen LogP contribution in [-0.2, 0) is 0 Å². The highest BCUT2D eigenvalue weighted by molar-refractivity contribution is 5.51. The molecule has 22 heavy (non-hydrogen) atoms. The minimum absolute atomic E-state index is 0.502. The summed E-state index contributed by atoms with van der Waals surface area (Å²) in [4.78, 5) is 5.20. The second-order valence-electron chi connectivity index (χ2n) is 5.29.